The number of pyridine rings is 1. The Morgan fingerprint density at radius 2 is 1.94 bits per heavy atom. The monoisotopic (exact) mass is 443 g/mol. The summed E-state index contributed by atoms with van der Waals surface area (Å²) < 4.78 is 7.08. The van der Waals surface area contributed by atoms with Crippen molar-refractivity contribution in [1.29, 1.82) is 0 Å². The van der Waals surface area contributed by atoms with Crippen LogP contribution < -0.4 is 5.32 Å². The maximum absolute atomic E-state index is 13.0. The van der Waals surface area contributed by atoms with Crippen LogP contribution in [0.15, 0.2) is 55.4 Å². The maximum atomic E-state index is 13.0. The molecule has 170 valence electrons. The molecule has 2 fully saturated rings. The molecule has 33 heavy (non-hydrogen) atoms. The van der Waals surface area contributed by atoms with Gasteiger partial charge < -0.3 is 10.1 Å². The maximum Gasteiger partial charge on any atom is 0.342 e. The van der Waals surface area contributed by atoms with E-state index in [1.165, 1.54) is 6.42 Å². The smallest absolute Gasteiger partial charge is 0.342 e. The van der Waals surface area contributed by atoms with Gasteiger partial charge >= 0.3 is 5.97 Å². The fourth-order valence-corrected chi connectivity index (χ4v) is 4.68. The molecule has 2 saturated carbocycles. The van der Waals surface area contributed by atoms with Crippen LogP contribution in [0.3, 0.4) is 0 Å². The molecule has 0 radical (unpaired) electrons. The lowest BCUT2D eigenvalue weighted by molar-refractivity contribution is 0.0550. The first-order valence-electron chi connectivity index (χ1n) is 11.8. The fraction of sp³-hybridized carbons (Fsp3) is 0.370. The van der Waals surface area contributed by atoms with Gasteiger partial charge in [-0.05, 0) is 67.5 Å². The summed E-state index contributed by atoms with van der Waals surface area (Å²) in [5.74, 6) is 0.832. The van der Waals surface area contributed by atoms with Gasteiger partial charge in [0.15, 0.2) is 0 Å². The quantitative estimate of drug-likeness (QED) is 0.347. The molecule has 1 N–H and O–H groups in total. The number of ether oxygens (including phenoxy) is 1. The zero-order chi connectivity index (χ0) is 22.8. The van der Waals surface area contributed by atoms with E-state index in [9.17, 15) is 9.59 Å². The highest BCUT2D eigenvalue weighted by molar-refractivity contribution is 5.97. The average molecular weight is 444 g/mol. The number of carbonyl (C=O) groups excluding carboxylic acids is 2. The molecule has 0 unspecified atom stereocenters. The lowest BCUT2D eigenvalue weighted by atomic mass is 9.88. The van der Waals surface area contributed by atoms with E-state index in [-0.39, 0.29) is 18.4 Å². The Bertz CT molecular complexity index is 1200. The Balaban J connectivity index is 1.40. The SMILES string of the molecule is C=CCOC(=O)c1cc(C2CC2)cnc1Nc1ccc2c(ccn2C(=O)C2CCCCC2)c1. The van der Waals surface area contributed by atoms with Crippen LogP contribution in [-0.4, -0.2) is 28.0 Å². The lowest BCUT2D eigenvalue weighted by Gasteiger charge is -2.20. The summed E-state index contributed by atoms with van der Waals surface area (Å²) >= 11 is 0. The summed E-state index contributed by atoms with van der Waals surface area (Å²) in [5.41, 5.74) is 3.19. The largest absolute Gasteiger partial charge is 0.458 e. The summed E-state index contributed by atoms with van der Waals surface area (Å²) in [6, 6.07) is 9.70. The molecule has 2 heterocycles. The predicted molar refractivity (Wildman–Crippen MR) is 129 cm³/mol. The van der Waals surface area contributed by atoms with Gasteiger partial charge in [-0.3, -0.25) is 9.36 Å². The van der Waals surface area contributed by atoms with Crippen molar-refractivity contribution >= 4 is 34.3 Å². The molecule has 5 rings (SSSR count). The molecule has 2 aliphatic carbocycles. The molecular formula is C27H29N3O3. The fourth-order valence-electron chi connectivity index (χ4n) is 4.68. The summed E-state index contributed by atoms with van der Waals surface area (Å²) in [5, 5.41) is 4.25. The summed E-state index contributed by atoms with van der Waals surface area (Å²) in [7, 11) is 0. The van der Waals surface area contributed by atoms with E-state index in [1.54, 1.807) is 10.6 Å². The van der Waals surface area contributed by atoms with Crippen molar-refractivity contribution in [1.82, 2.24) is 9.55 Å². The number of hydrogen-bond donors (Lipinski definition) is 1. The molecule has 1 aromatic carbocycles. The van der Waals surface area contributed by atoms with Crippen molar-refractivity contribution < 1.29 is 14.3 Å². The molecule has 0 saturated heterocycles. The molecule has 6 nitrogen and oxygen atoms in total. The number of esters is 1. The summed E-state index contributed by atoms with van der Waals surface area (Å²) in [6.07, 6.45) is 13.0. The van der Waals surface area contributed by atoms with Gasteiger partial charge in [0, 0.05) is 29.4 Å². The van der Waals surface area contributed by atoms with Gasteiger partial charge in [0.25, 0.3) is 0 Å². The highest BCUT2D eigenvalue weighted by Gasteiger charge is 2.27. The van der Waals surface area contributed by atoms with Gasteiger partial charge in [-0.15, -0.1) is 0 Å². The summed E-state index contributed by atoms with van der Waals surface area (Å²) in [6.45, 7) is 3.76. The molecule has 0 amide bonds. The van der Waals surface area contributed by atoms with Crippen LogP contribution in [-0.2, 0) is 4.74 Å². The molecule has 0 atom stereocenters. The molecule has 0 aliphatic heterocycles. The third-order valence-electron chi connectivity index (χ3n) is 6.65. The van der Waals surface area contributed by atoms with E-state index in [0.717, 1.165) is 60.7 Å². The third-order valence-corrected chi connectivity index (χ3v) is 6.65. The topological polar surface area (TPSA) is 73.2 Å². The third kappa shape index (κ3) is 4.56. The minimum Gasteiger partial charge on any atom is -0.458 e. The second-order valence-corrected chi connectivity index (χ2v) is 9.08. The highest BCUT2D eigenvalue weighted by atomic mass is 16.5. The highest BCUT2D eigenvalue weighted by Crippen LogP contribution is 2.40. The van der Waals surface area contributed by atoms with Crippen LogP contribution >= 0.6 is 0 Å². The van der Waals surface area contributed by atoms with Crippen LogP contribution in [0.25, 0.3) is 10.9 Å². The number of nitrogens with zero attached hydrogens (tertiary/aromatic N) is 2. The molecule has 6 heteroatoms. The predicted octanol–water partition coefficient (Wildman–Crippen LogP) is 6.22. The van der Waals surface area contributed by atoms with Gasteiger partial charge in [-0.2, -0.15) is 0 Å². The second-order valence-electron chi connectivity index (χ2n) is 9.08. The van der Waals surface area contributed by atoms with Crippen LogP contribution in [0.1, 0.15) is 71.6 Å². The number of carbonyl (C=O) groups is 2. The van der Waals surface area contributed by atoms with E-state index >= 15 is 0 Å². The number of nitrogens with one attached hydrogen (secondary N) is 1. The first-order valence-corrected chi connectivity index (χ1v) is 11.8. The van der Waals surface area contributed by atoms with Crippen molar-refractivity contribution in [2.24, 2.45) is 5.92 Å². The molecule has 0 spiro atoms. The standard InChI is InChI=1S/C27H29N3O3/c1-2-14-33-27(32)23-16-21(18-8-9-18)17-28-25(23)29-22-10-11-24-20(15-22)12-13-30(24)26(31)19-6-4-3-5-7-19/h2,10-13,15-19H,1,3-9,14H2,(H,28,29). The van der Waals surface area contributed by atoms with Crippen molar-refractivity contribution in [2.45, 2.75) is 50.9 Å². The number of aromatic nitrogens is 2. The number of rotatable bonds is 7. The zero-order valence-electron chi connectivity index (χ0n) is 18.8. The first-order chi connectivity index (χ1) is 16.1. The van der Waals surface area contributed by atoms with Gasteiger partial charge in [0.1, 0.15) is 18.0 Å². The minimum absolute atomic E-state index is 0.116. The van der Waals surface area contributed by atoms with E-state index in [4.69, 9.17) is 4.74 Å². The van der Waals surface area contributed by atoms with Crippen LogP contribution in [0.2, 0.25) is 0 Å². The lowest BCUT2D eigenvalue weighted by Crippen LogP contribution is -2.23. The Morgan fingerprint density at radius 1 is 1.12 bits per heavy atom. The van der Waals surface area contributed by atoms with Crippen LogP contribution in [0.5, 0.6) is 0 Å². The minimum atomic E-state index is -0.419. The molecular weight excluding hydrogens is 414 g/mol. The van der Waals surface area contributed by atoms with E-state index in [0.29, 0.717) is 17.3 Å². The zero-order valence-corrected chi connectivity index (χ0v) is 18.8. The van der Waals surface area contributed by atoms with Crippen molar-refractivity contribution in [3.8, 4) is 0 Å². The Hall–Kier alpha value is -3.41. The van der Waals surface area contributed by atoms with Gasteiger partial charge in [0.05, 0.1) is 5.52 Å². The number of fused-ring (bicyclic) bond motifs is 1. The molecule has 2 aliphatic rings. The first kappa shape index (κ1) is 21.4. The van der Waals surface area contributed by atoms with Gasteiger partial charge in [-0.1, -0.05) is 31.9 Å². The molecule has 0 bridgehead atoms. The van der Waals surface area contributed by atoms with E-state index in [1.807, 2.05) is 42.7 Å². The van der Waals surface area contributed by atoms with E-state index in [2.05, 4.69) is 16.9 Å². The number of anilines is 2. The van der Waals surface area contributed by atoms with Crippen LogP contribution in [0, 0.1) is 5.92 Å². The number of hydrogen-bond acceptors (Lipinski definition) is 5. The Labute approximate surface area is 193 Å². The van der Waals surface area contributed by atoms with Crippen molar-refractivity contribution in [3.05, 3.63) is 66.5 Å². The summed E-state index contributed by atoms with van der Waals surface area (Å²) in [4.78, 5) is 30.2. The van der Waals surface area contributed by atoms with Gasteiger partial charge in [-0.25, -0.2) is 9.78 Å². The van der Waals surface area contributed by atoms with Crippen LogP contribution in [0.4, 0.5) is 11.5 Å². The van der Waals surface area contributed by atoms with Crippen molar-refractivity contribution in [3.63, 3.8) is 0 Å². The Morgan fingerprint density at radius 3 is 2.70 bits per heavy atom. The van der Waals surface area contributed by atoms with Crippen molar-refractivity contribution in [2.75, 3.05) is 11.9 Å². The average Bonchev–Trinajstić information content (AvgIpc) is 3.62. The molecule has 3 aromatic rings. The Kier molecular flexibility index (Phi) is 5.99. The van der Waals surface area contributed by atoms with Gasteiger partial charge in [0.2, 0.25) is 5.91 Å². The molecule has 2 aromatic heterocycles. The number of benzene rings is 1. The van der Waals surface area contributed by atoms with E-state index < -0.39 is 5.97 Å². The normalized spacial score (nSPS) is 16.5. The second kappa shape index (κ2) is 9.22.